The van der Waals surface area contributed by atoms with E-state index in [4.69, 9.17) is 19.9 Å². The SMILES string of the molecule is CC(C)(C)c1ccc2c(c1)c1cc(C(C)(C)C)ccc1n2-c1nc(-c2cccc([Si](c3ccccc3)(c3ccccc3)c3ccccc3)c2)nc(-n2c3ccccc3n3c4ccccc4nc23)n1. The van der Waals surface area contributed by atoms with E-state index < -0.39 is 8.07 Å². The van der Waals surface area contributed by atoms with Crippen molar-refractivity contribution in [1.82, 2.24) is 33.5 Å². The Morgan fingerprint density at radius 1 is 0.368 bits per heavy atom. The molecule has 4 aromatic heterocycles. The highest BCUT2D eigenvalue weighted by Gasteiger charge is 2.41. The number of hydrogen-bond donors (Lipinski definition) is 0. The highest BCUT2D eigenvalue weighted by atomic mass is 28.3. The maximum absolute atomic E-state index is 5.56. The van der Waals surface area contributed by atoms with E-state index in [1.54, 1.807) is 0 Å². The lowest BCUT2D eigenvalue weighted by atomic mass is 9.85. The standard InChI is InChI=1S/C60H51N7Si/c1-59(2,3)41-33-35-50-47(38-41)48-39-42(60(4,5)6)34-36-51(48)65(50)56-62-55(63-57(64-56)67-54-32-19-18-31-53(54)66-52-30-17-16-29-49(52)61-58(66)67)40-21-20-28-46(37-40)68(43-22-10-7-11-23-43,44-24-12-8-13-25-44)45-26-14-9-15-27-45/h7-39H,1-6H3. The lowest BCUT2D eigenvalue weighted by Gasteiger charge is -2.34. The summed E-state index contributed by atoms with van der Waals surface area (Å²) in [7, 11) is -2.90. The molecule has 330 valence electrons. The zero-order chi connectivity index (χ0) is 46.4. The third kappa shape index (κ3) is 6.54. The molecule has 0 bridgehead atoms. The van der Waals surface area contributed by atoms with Crippen molar-refractivity contribution >= 4 is 78.5 Å². The number of nitrogens with zero attached hydrogens (tertiary/aromatic N) is 7. The molecule has 7 nitrogen and oxygen atoms in total. The Bertz CT molecular complexity index is 3700. The second-order valence-corrected chi connectivity index (χ2v) is 23.9. The average molecular weight is 898 g/mol. The van der Waals surface area contributed by atoms with E-state index in [1.807, 2.05) is 6.07 Å². The molecule has 0 aliphatic heterocycles. The number of rotatable bonds is 7. The lowest BCUT2D eigenvalue weighted by Crippen LogP contribution is -2.74. The summed E-state index contributed by atoms with van der Waals surface area (Å²) in [6.07, 6.45) is 0. The number of fused-ring (bicyclic) bond motifs is 8. The fraction of sp³-hybridized carbons (Fsp3) is 0.133. The molecule has 0 spiro atoms. The molecule has 4 heterocycles. The summed E-state index contributed by atoms with van der Waals surface area (Å²) in [6.45, 7) is 13.7. The van der Waals surface area contributed by atoms with Gasteiger partial charge in [0.05, 0.1) is 33.1 Å². The van der Waals surface area contributed by atoms with Gasteiger partial charge in [0.15, 0.2) is 13.9 Å². The Labute approximate surface area is 397 Å². The van der Waals surface area contributed by atoms with Gasteiger partial charge in [0.25, 0.3) is 0 Å². The number of imidazole rings is 2. The second kappa shape index (κ2) is 15.6. The van der Waals surface area contributed by atoms with Crippen LogP contribution in [0.2, 0.25) is 0 Å². The smallest absolute Gasteiger partial charge is 0.242 e. The summed E-state index contributed by atoms with van der Waals surface area (Å²) in [4.78, 5) is 21.9. The minimum Gasteiger partial charge on any atom is -0.278 e. The predicted molar refractivity (Wildman–Crippen MR) is 284 cm³/mol. The number of aromatic nitrogens is 7. The summed E-state index contributed by atoms with van der Waals surface area (Å²) < 4.78 is 6.56. The van der Waals surface area contributed by atoms with Crippen LogP contribution in [0, 0.1) is 0 Å². The first-order valence-electron chi connectivity index (χ1n) is 23.5. The van der Waals surface area contributed by atoms with Crippen molar-refractivity contribution in [1.29, 1.82) is 0 Å². The van der Waals surface area contributed by atoms with E-state index in [2.05, 4.69) is 249 Å². The highest BCUT2D eigenvalue weighted by molar-refractivity contribution is 7.19. The van der Waals surface area contributed by atoms with Crippen LogP contribution in [0.3, 0.4) is 0 Å². The van der Waals surface area contributed by atoms with Crippen LogP contribution in [0.25, 0.3) is 72.9 Å². The molecule has 12 aromatic rings. The van der Waals surface area contributed by atoms with Crippen LogP contribution >= 0.6 is 0 Å². The molecule has 0 saturated heterocycles. The van der Waals surface area contributed by atoms with Crippen LogP contribution in [0.5, 0.6) is 0 Å². The van der Waals surface area contributed by atoms with Crippen molar-refractivity contribution in [3.63, 3.8) is 0 Å². The van der Waals surface area contributed by atoms with Crippen LogP contribution in [-0.4, -0.2) is 41.5 Å². The Balaban J connectivity index is 1.18. The zero-order valence-electron chi connectivity index (χ0n) is 39.2. The predicted octanol–water partition coefficient (Wildman–Crippen LogP) is 11.4. The van der Waals surface area contributed by atoms with Gasteiger partial charge in [0.2, 0.25) is 17.7 Å². The van der Waals surface area contributed by atoms with Crippen LogP contribution in [0.15, 0.2) is 200 Å². The second-order valence-electron chi connectivity index (χ2n) is 20.0. The van der Waals surface area contributed by atoms with E-state index in [9.17, 15) is 0 Å². The molecule has 8 heteroatoms. The largest absolute Gasteiger partial charge is 0.278 e. The monoisotopic (exact) mass is 897 g/mol. The normalized spacial score (nSPS) is 12.6. The number of para-hydroxylation sites is 4. The summed E-state index contributed by atoms with van der Waals surface area (Å²) in [5, 5.41) is 7.47. The van der Waals surface area contributed by atoms with Gasteiger partial charge >= 0.3 is 0 Å². The molecule has 68 heavy (non-hydrogen) atoms. The third-order valence-corrected chi connectivity index (χ3v) is 18.6. The quantitative estimate of drug-likeness (QED) is 0.118. The molecule has 0 aliphatic rings. The molecular weight excluding hydrogens is 847 g/mol. The molecule has 0 atom stereocenters. The first-order valence-corrected chi connectivity index (χ1v) is 25.5. The van der Waals surface area contributed by atoms with Crippen molar-refractivity contribution in [2.24, 2.45) is 0 Å². The molecule has 8 aromatic carbocycles. The van der Waals surface area contributed by atoms with Gasteiger partial charge in [-0.2, -0.15) is 15.0 Å². The van der Waals surface area contributed by atoms with E-state index in [0.29, 0.717) is 17.7 Å². The van der Waals surface area contributed by atoms with Crippen molar-refractivity contribution in [3.05, 3.63) is 211 Å². The van der Waals surface area contributed by atoms with Crippen LogP contribution in [0.4, 0.5) is 0 Å². The Kier molecular flexibility index (Phi) is 9.50. The van der Waals surface area contributed by atoms with Crippen LogP contribution in [0.1, 0.15) is 52.7 Å². The van der Waals surface area contributed by atoms with Gasteiger partial charge in [-0.15, -0.1) is 0 Å². The van der Waals surface area contributed by atoms with Gasteiger partial charge in [-0.3, -0.25) is 8.97 Å². The van der Waals surface area contributed by atoms with Crippen molar-refractivity contribution in [2.45, 2.75) is 52.4 Å². The summed E-state index contributed by atoms with van der Waals surface area (Å²) >= 11 is 0. The molecule has 0 saturated carbocycles. The van der Waals surface area contributed by atoms with Crippen molar-refractivity contribution in [3.8, 4) is 23.3 Å². The van der Waals surface area contributed by atoms with Gasteiger partial charge in [-0.25, -0.2) is 9.55 Å². The van der Waals surface area contributed by atoms with E-state index in [1.165, 1.54) is 42.6 Å². The van der Waals surface area contributed by atoms with Crippen molar-refractivity contribution < 1.29 is 0 Å². The molecule has 12 rings (SSSR count). The summed E-state index contributed by atoms with van der Waals surface area (Å²) in [5.74, 6) is 2.33. The van der Waals surface area contributed by atoms with E-state index in [-0.39, 0.29) is 10.8 Å². The molecule has 0 unspecified atom stereocenters. The van der Waals surface area contributed by atoms with E-state index in [0.717, 1.165) is 44.4 Å². The molecule has 0 fully saturated rings. The lowest BCUT2D eigenvalue weighted by molar-refractivity contribution is 0.590. The fourth-order valence-corrected chi connectivity index (χ4v) is 15.2. The van der Waals surface area contributed by atoms with Crippen LogP contribution in [-0.2, 0) is 10.8 Å². The van der Waals surface area contributed by atoms with Gasteiger partial charge in [0, 0.05) is 16.3 Å². The first-order chi connectivity index (χ1) is 33.0. The van der Waals surface area contributed by atoms with Gasteiger partial charge in [-0.05, 0) is 91.2 Å². The maximum atomic E-state index is 5.56. The highest BCUT2D eigenvalue weighted by Crippen LogP contribution is 2.38. The molecule has 0 amide bonds. The van der Waals surface area contributed by atoms with Crippen LogP contribution < -0.4 is 20.7 Å². The zero-order valence-corrected chi connectivity index (χ0v) is 40.2. The molecule has 0 N–H and O–H groups in total. The average Bonchev–Trinajstić information content (AvgIpc) is 4.01. The maximum Gasteiger partial charge on any atom is 0.242 e. The Morgan fingerprint density at radius 3 is 1.38 bits per heavy atom. The van der Waals surface area contributed by atoms with Crippen molar-refractivity contribution in [2.75, 3.05) is 0 Å². The minimum absolute atomic E-state index is 0.0465. The fourth-order valence-electron chi connectivity index (χ4n) is 10.4. The molecule has 0 radical (unpaired) electrons. The van der Waals surface area contributed by atoms with E-state index >= 15 is 0 Å². The minimum atomic E-state index is -2.90. The number of benzene rings is 8. The molecule has 0 aliphatic carbocycles. The third-order valence-electron chi connectivity index (χ3n) is 13.8. The Morgan fingerprint density at radius 2 is 0.838 bits per heavy atom. The Hall–Kier alpha value is -7.94. The first kappa shape index (κ1) is 41.5. The topological polar surface area (TPSA) is 65.8 Å². The van der Waals surface area contributed by atoms with Gasteiger partial charge < -0.3 is 0 Å². The number of hydrogen-bond acceptors (Lipinski definition) is 4. The summed E-state index contributed by atoms with van der Waals surface area (Å²) in [6, 6.07) is 72.6. The van der Waals surface area contributed by atoms with Gasteiger partial charge in [-0.1, -0.05) is 193 Å². The summed E-state index contributed by atoms with van der Waals surface area (Å²) in [5.41, 5.74) is 9.32. The molecular formula is C60H51N7Si. The van der Waals surface area contributed by atoms with Gasteiger partial charge in [0.1, 0.15) is 0 Å².